The van der Waals surface area contributed by atoms with E-state index in [0.29, 0.717) is 12.0 Å². The van der Waals surface area contributed by atoms with E-state index in [2.05, 4.69) is 37.2 Å². The molecule has 22 heteroatoms. The smallest absolute Gasteiger partial charge is 0.325 e. The SMILES string of the molecule is CC(C)CC(NC(=O)[C@@H](CCC(=O)O)NC(=O)C(NC(=O)C(NC(=O)C(Cc1ccc(O)cc1)NC(=O)[C@H](N)CCCNC(=N)N)[C@@H](C)O)C(C)C)C(=O)N[C@H](C)C(=O)O. The molecule has 0 saturated carbocycles. The van der Waals surface area contributed by atoms with E-state index in [1.165, 1.54) is 38.1 Å². The number of phenols is 1. The van der Waals surface area contributed by atoms with Crippen molar-refractivity contribution in [2.75, 3.05) is 6.54 Å². The monoisotopic (exact) mass is 850 g/mol. The van der Waals surface area contributed by atoms with Crippen molar-refractivity contribution in [3.8, 4) is 5.75 Å². The highest BCUT2D eigenvalue weighted by molar-refractivity contribution is 5.97. The highest BCUT2D eigenvalue weighted by Crippen LogP contribution is 2.13. The van der Waals surface area contributed by atoms with Gasteiger partial charge in [-0.1, -0.05) is 39.8 Å². The number of aliphatic hydroxyl groups is 1. The van der Waals surface area contributed by atoms with Crippen LogP contribution < -0.4 is 48.7 Å². The number of nitrogens with two attached hydrogens (primary N) is 2. The largest absolute Gasteiger partial charge is 0.508 e. The summed E-state index contributed by atoms with van der Waals surface area (Å²) in [7, 11) is 0. The van der Waals surface area contributed by atoms with Gasteiger partial charge in [-0.2, -0.15) is 0 Å². The maximum Gasteiger partial charge on any atom is 0.325 e. The van der Waals surface area contributed by atoms with Crippen LogP contribution in [0.2, 0.25) is 0 Å². The van der Waals surface area contributed by atoms with Crippen molar-refractivity contribution in [3.05, 3.63) is 29.8 Å². The zero-order valence-corrected chi connectivity index (χ0v) is 34.7. The van der Waals surface area contributed by atoms with Gasteiger partial charge in [-0.3, -0.25) is 43.8 Å². The standard InChI is InChI=1S/C38H62N10O12/c1-18(2)16-26(33(55)43-20(5)37(59)60)46-32(54)25(13-14-28(51)52)44-35(57)29(19(3)4)47-36(58)30(21(6)49)48-34(56)27(17-22-9-11-23(50)12-10-22)45-31(53)24(39)8-7-15-42-38(40)41/h9-12,18-21,24-27,29-30,49-50H,7-8,13-17,39H2,1-6H3,(H,43,55)(H,44,57)(H,45,53)(H,46,54)(H,47,58)(H,48,56)(H,51,52)(H,59,60)(H4,40,41,42)/t20-,21-,24-,25-,26?,27?,29?,30?/m1/s1. The fourth-order valence-corrected chi connectivity index (χ4v) is 5.62. The van der Waals surface area contributed by atoms with Gasteiger partial charge in [0.1, 0.15) is 42.0 Å². The number of carbonyl (C=O) groups excluding carboxylic acids is 6. The Kier molecular flexibility index (Phi) is 22.1. The molecule has 0 saturated heterocycles. The molecule has 0 aliphatic carbocycles. The first-order chi connectivity index (χ1) is 27.9. The highest BCUT2D eigenvalue weighted by Gasteiger charge is 2.36. The number of aliphatic carboxylic acids is 2. The van der Waals surface area contributed by atoms with Crippen molar-refractivity contribution in [2.45, 2.75) is 128 Å². The van der Waals surface area contributed by atoms with Gasteiger partial charge in [-0.05, 0) is 69.1 Å². The van der Waals surface area contributed by atoms with E-state index < -0.39 is 115 Å². The van der Waals surface area contributed by atoms with Gasteiger partial charge in [-0.15, -0.1) is 0 Å². The second-order valence-electron chi connectivity index (χ2n) is 15.2. The number of carboxylic acids is 2. The van der Waals surface area contributed by atoms with Gasteiger partial charge in [0.15, 0.2) is 5.96 Å². The number of hydrogen-bond donors (Lipinski definition) is 14. The molecule has 4 unspecified atom stereocenters. The predicted molar refractivity (Wildman–Crippen MR) is 217 cm³/mol. The molecule has 0 heterocycles. The first kappa shape index (κ1) is 52.0. The van der Waals surface area contributed by atoms with Crippen molar-refractivity contribution in [2.24, 2.45) is 23.3 Å². The summed E-state index contributed by atoms with van der Waals surface area (Å²) in [5.74, 6) is -9.20. The number of aromatic hydroxyl groups is 1. The normalized spacial score (nSPS) is 15.1. The number of benzene rings is 1. The third-order valence-corrected chi connectivity index (χ3v) is 9.01. The fraction of sp³-hybridized carbons (Fsp3) is 0.605. The molecule has 60 heavy (non-hydrogen) atoms. The van der Waals surface area contributed by atoms with Crippen LogP contribution in [0.25, 0.3) is 0 Å². The van der Waals surface area contributed by atoms with Crippen molar-refractivity contribution in [1.29, 1.82) is 5.41 Å². The van der Waals surface area contributed by atoms with Crippen LogP contribution in [-0.4, -0.2) is 129 Å². The Morgan fingerprint density at radius 1 is 0.683 bits per heavy atom. The zero-order chi connectivity index (χ0) is 45.9. The lowest BCUT2D eigenvalue weighted by Gasteiger charge is -2.29. The highest BCUT2D eigenvalue weighted by atomic mass is 16.4. The number of amides is 6. The number of hydrogen-bond acceptors (Lipinski definition) is 12. The summed E-state index contributed by atoms with van der Waals surface area (Å²) in [6.07, 6.45) is -2.16. The molecule has 1 rings (SSSR count). The topological polar surface area (TPSA) is 378 Å². The minimum atomic E-state index is -1.70. The minimum absolute atomic E-state index is 0.0567. The van der Waals surface area contributed by atoms with E-state index in [9.17, 15) is 58.8 Å². The molecule has 0 spiro atoms. The van der Waals surface area contributed by atoms with E-state index >= 15 is 0 Å². The van der Waals surface area contributed by atoms with E-state index in [1.807, 2.05) is 0 Å². The molecular weight excluding hydrogens is 788 g/mol. The van der Waals surface area contributed by atoms with Gasteiger partial charge in [0.2, 0.25) is 35.4 Å². The molecule has 6 amide bonds. The van der Waals surface area contributed by atoms with Crippen molar-refractivity contribution < 1.29 is 58.8 Å². The number of aliphatic hydroxyl groups excluding tert-OH is 1. The summed E-state index contributed by atoms with van der Waals surface area (Å²) < 4.78 is 0. The fourth-order valence-electron chi connectivity index (χ4n) is 5.62. The van der Waals surface area contributed by atoms with Gasteiger partial charge in [0.25, 0.3) is 0 Å². The van der Waals surface area contributed by atoms with Crippen LogP contribution in [-0.2, 0) is 44.8 Å². The van der Waals surface area contributed by atoms with Crippen LogP contribution in [0, 0.1) is 17.2 Å². The van der Waals surface area contributed by atoms with E-state index in [1.54, 1.807) is 27.7 Å². The predicted octanol–water partition coefficient (Wildman–Crippen LogP) is -2.51. The van der Waals surface area contributed by atoms with Crippen LogP contribution >= 0.6 is 0 Å². The van der Waals surface area contributed by atoms with Gasteiger partial charge in [0, 0.05) is 19.4 Å². The molecule has 0 fully saturated rings. The number of guanidine groups is 1. The molecule has 1 aromatic rings. The maximum atomic E-state index is 13.7. The van der Waals surface area contributed by atoms with Crippen molar-refractivity contribution >= 4 is 53.3 Å². The van der Waals surface area contributed by atoms with Crippen molar-refractivity contribution in [1.82, 2.24) is 37.2 Å². The summed E-state index contributed by atoms with van der Waals surface area (Å²) >= 11 is 0. The Hall–Kier alpha value is -6.03. The first-order valence-corrected chi connectivity index (χ1v) is 19.5. The molecule has 22 nitrogen and oxygen atoms in total. The van der Waals surface area contributed by atoms with Crippen LogP contribution in [0.5, 0.6) is 5.75 Å². The number of carboxylic acid groups (broad SMARTS) is 2. The Labute approximate surface area is 348 Å². The lowest BCUT2D eigenvalue weighted by atomic mass is 9.99. The summed E-state index contributed by atoms with van der Waals surface area (Å²) in [6.45, 7) is 9.26. The van der Waals surface area contributed by atoms with Crippen LogP contribution in [0.15, 0.2) is 24.3 Å². The molecule has 336 valence electrons. The zero-order valence-electron chi connectivity index (χ0n) is 34.7. The van der Waals surface area contributed by atoms with E-state index in [0.717, 1.165) is 0 Å². The second kappa shape index (κ2) is 25.5. The molecule has 0 aliphatic rings. The molecule has 0 bridgehead atoms. The molecule has 0 aliphatic heterocycles. The van der Waals surface area contributed by atoms with Gasteiger partial charge in [-0.25, -0.2) is 0 Å². The number of rotatable bonds is 26. The number of nitrogens with one attached hydrogen (secondary N) is 8. The lowest BCUT2D eigenvalue weighted by molar-refractivity contribution is -0.142. The lowest BCUT2D eigenvalue weighted by Crippen LogP contribution is -2.62. The minimum Gasteiger partial charge on any atom is -0.508 e. The number of carbonyl (C=O) groups is 8. The molecule has 16 N–H and O–H groups in total. The third-order valence-electron chi connectivity index (χ3n) is 9.01. The molecule has 8 atom stereocenters. The Bertz CT molecular complexity index is 1660. The van der Waals surface area contributed by atoms with E-state index in [4.69, 9.17) is 16.9 Å². The average Bonchev–Trinajstić information content (AvgIpc) is 3.15. The quantitative estimate of drug-likeness (QED) is 0.0260. The molecule has 0 radical (unpaired) electrons. The average molecular weight is 851 g/mol. The maximum absolute atomic E-state index is 13.7. The Balaban J connectivity index is 3.30. The number of phenolic OH excluding ortho intramolecular Hbond substituents is 1. The Morgan fingerprint density at radius 2 is 1.20 bits per heavy atom. The summed E-state index contributed by atoms with van der Waals surface area (Å²) in [4.78, 5) is 103. The second-order valence-corrected chi connectivity index (χ2v) is 15.2. The van der Waals surface area contributed by atoms with Gasteiger partial charge < -0.3 is 69.1 Å². The van der Waals surface area contributed by atoms with Crippen LogP contribution in [0.3, 0.4) is 0 Å². The Morgan fingerprint density at radius 3 is 1.72 bits per heavy atom. The van der Waals surface area contributed by atoms with Gasteiger partial charge >= 0.3 is 11.9 Å². The van der Waals surface area contributed by atoms with Crippen LogP contribution in [0.4, 0.5) is 0 Å². The van der Waals surface area contributed by atoms with Crippen molar-refractivity contribution in [3.63, 3.8) is 0 Å². The summed E-state index contributed by atoms with van der Waals surface area (Å²) in [5.41, 5.74) is 11.8. The van der Waals surface area contributed by atoms with Crippen LogP contribution in [0.1, 0.15) is 79.2 Å². The summed E-state index contributed by atoms with van der Waals surface area (Å²) in [5, 5.41) is 63.4. The molecule has 1 aromatic carbocycles. The summed E-state index contributed by atoms with van der Waals surface area (Å²) in [6, 6.07) is -3.93. The first-order valence-electron chi connectivity index (χ1n) is 19.5. The van der Waals surface area contributed by atoms with Gasteiger partial charge in [0.05, 0.1) is 12.1 Å². The van der Waals surface area contributed by atoms with E-state index in [-0.39, 0.29) is 43.4 Å². The third kappa shape index (κ3) is 19.1. The molecular formula is C38H62N10O12. The molecule has 0 aromatic heterocycles.